The van der Waals surface area contributed by atoms with Gasteiger partial charge in [-0.15, -0.1) is 0 Å². The molecular formula is C22H22ClN5O3. The van der Waals surface area contributed by atoms with E-state index < -0.39 is 11.5 Å². The number of nitrogens with one attached hydrogen (secondary N) is 1. The molecule has 0 spiro atoms. The van der Waals surface area contributed by atoms with Gasteiger partial charge in [-0.3, -0.25) is 4.79 Å². The molecule has 3 aromatic rings. The fourth-order valence-electron chi connectivity index (χ4n) is 3.13. The first kappa shape index (κ1) is 21.1. The first-order valence-corrected chi connectivity index (χ1v) is 10.3. The van der Waals surface area contributed by atoms with Crippen LogP contribution in [-0.2, 0) is 6.61 Å². The molecule has 4 rings (SSSR count). The molecule has 0 saturated heterocycles. The highest BCUT2D eigenvalue weighted by Crippen LogP contribution is 2.39. The van der Waals surface area contributed by atoms with Crippen LogP contribution in [0.4, 0.5) is 0 Å². The molecule has 0 bridgehead atoms. The highest BCUT2D eigenvalue weighted by Gasteiger charge is 2.40. The Bertz CT molecular complexity index is 1060. The van der Waals surface area contributed by atoms with E-state index in [0.717, 1.165) is 12.8 Å². The monoisotopic (exact) mass is 439 g/mol. The van der Waals surface area contributed by atoms with Crippen molar-refractivity contribution in [3.05, 3.63) is 65.5 Å². The quantitative estimate of drug-likeness (QED) is 0.555. The number of hydrogen-bond donors (Lipinski definition) is 2. The van der Waals surface area contributed by atoms with Gasteiger partial charge in [-0.05, 0) is 43.9 Å². The summed E-state index contributed by atoms with van der Waals surface area (Å²) in [5.74, 6) is 0.549. The number of benzene rings is 1. The van der Waals surface area contributed by atoms with Crippen LogP contribution in [0.25, 0.3) is 11.3 Å². The Morgan fingerprint density at radius 1 is 1.23 bits per heavy atom. The summed E-state index contributed by atoms with van der Waals surface area (Å²) in [5, 5.41) is 13.8. The van der Waals surface area contributed by atoms with E-state index in [-0.39, 0.29) is 30.6 Å². The summed E-state index contributed by atoms with van der Waals surface area (Å²) in [5.41, 5.74) is 0.287. The van der Waals surface area contributed by atoms with Gasteiger partial charge in [0.25, 0.3) is 5.91 Å². The Kier molecular flexibility index (Phi) is 6.11. The maximum atomic E-state index is 12.7. The van der Waals surface area contributed by atoms with Gasteiger partial charge in [0.15, 0.2) is 5.82 Å². The fraction of sp³-hybridized carbons (Fsp3) is 0.318. The van der Waals surface area contributed by atoms with Crippen LogP contribution in [0.1, 0.15) is 36.1 Å². The van der Waals surface area contributed by atoms with Crippen LogP contribution >= 0.6 is 11.6 Å². The van der Waals surface area contributed by atoms with E-state index in [2.05, 4.69) is 25.3 Å². The molecule has 8 nitrogen and oxygen atoms in total. The number of halogens is 1. The molecule has 0 unspecified atom stereocenters. The SMILES string of the molecule is C[C@@](O)(CNC(=O)c1cnc(OCc2ncccn2)c(-c2ccc(Cl)cc2)n1)C1CC1. The largest absolute Gasteiger partial charge is 0.468 e. The second-order valence-electron chi connectivity index (χ2n) is 7.68. The number of aromatic nitrogens is 4. The Morgan fingerprint density at radius 2 is 1.94 bits per heavy atom. The van der Waals surface area contributed by atoms with Crippen molar-refractivity contribution in [1.29, 1.82) is 0 Å². The van der Waals surface area contributed by atoms with Gasteiger partial charge in [0, 0.05) is 29.5 Å². The second kappa shape index (κ2) is 8.95. The van der Waals surface area contributed by atoms with E-state index in [4.69, 9.17) is 16.3 Å². The van der Waals surface area contributed by atoms with Crippen LogP contribution in [0.3, 0.4) is 0 Å². The molecule has 2 aromatic heterocycles. The summed E-state index contributed by atoms with van der Waals surface area (Å²) < 4.78 is 5.79. The first-order chi connectivity index (χ1) is 14.9. The summed E-state index contributed by atoms with van der Waals surface area (Å²) in [4.78, 5) is 29.7. The van der Waals surface area contributed by atoms with E-state index in [0.29, 0.717) is 22.1 Å². The molecule has 2 N–H and O–H groups in total. The highest BCUT2D eigenvalue weighted by atomic mass is 35.5. The summed E-state index contributed by atoms with van der Waals surface area (Å²) in [6.07, 6.45) is 6.55. The lowest BCUT2D eigenvalue weighted by molar-refractivity contribution is 0.0353. The Balaban J connectivity index is 1.56. The summed E-state index contributed by atoms with van der Waals surface area (Å²) in [7, 11) is 0. The predicted molar refractivity (Wildman–Crippen MR) is 115 cm³/mol. The van der Waals surface area contributed by atoms with Gasteiger partial charge >= 0.3 is 0 Å². The molecule has 1 fully saturated rings. The van der Waals surface area contributed by atoms with E-state index >= 15 is 0 Å². The second-order valence-corrected chi connectivity index (χ2v) is 8.12. The fourth-order valence-corrected chi connectivity index (χ4v) is 3.25. The number of hydrogen-bond acceptors (Lipinski definition) is 7. The maximum Gasteiger partial charge on any atom is 0.271 e. The summed E-state index contributed by atoms with van der Waals surface area (Å²) >= 11 is 6.00. The molecule has 1 atom stereocenters. The molecule has 31 heavy (non-hydrogen) atoms. The van der Waals surface area contributed by atoms with Gasteiger partial charge in [-0.2, -0.15) is 0 Å². The zero-order valence-corrected chi connectivity index (χ0v) is 17.7. The number of aliphatic hydroxyl groups is 1. The third-order valence-electron chi connectivity index (χ3n) is 5.11. The van der Waals surface area contributed by atoms with Crippen molar-refractivity contribution in [2.75, 3.05) is 6.54 Å². The minimum atomic E-state index is -0.930. The number of carbonyl (C=O) groups is 1. The van der Waals surface area contributed by atoms with Crippen molar-refractivity contribution in [2.45, 2.75) is 32.0 Å². The average molecular weight is 440 g/mol. The van der Waals surface area contributed by atoms with E-state index in [1.807, 2.05) is 0 Å². The normalized spacial score (nSPS) is 15.2. The zero-order valence-electron chi connectivity index (χ0n) is 17.0. The van der Waals surface area contributed by atoms with Gasteiger partial charge in [0.05, 0.1) is 11.8 Å². The Hall–Kier alpha value is -3.10. The lowest BCUT2D eigenvalue weighted by atomic mass is 10.0. The lowest BCUT2D eigenvalue weighted by Gasteiger charge is -2.23. The van der Waals surface area contributed by atoms with Crippen LogP contribution in [-0.4, -0.2) is 43.1 Å². The summed E-state index contributed by atoms with van der Waals surface area (Å²) in [6, 6.07) is 8.72. The van der Waals surface area contributed by atoms with Crippen molar-refractivity contribution in [2.24, 2.45) is 5.92 Å². The lowest BCUT2D eigenvalue weighted by Crippen LogP contribution is -2.42. The molecule has 1 amide bonds. The molecule has 1 aromatic carbocycles. The number of ether oxygens (including phenoxy) is 1. The van der Waals surface area contributed by atoms with Crippen molar-refractivity contribution in [3.8, 4) is 17.1 Å². The standard InChI is InChI=1S/C22H22ClN5O3/c1-22(30,15-5-6-15)13-27-20(29)17-11-26-21(31-12-18-24-9-2-10-25-18)19(28-17)14-3-7-16(23)8-4-14/h2-4,7-11,15,30H,5-6,12-13H2,1H3,(H,27,29)/t22-/m1/s1. The van der Waals surface area contributed by atoms with Gasteiger partial charge in [0.1, 0.15) is 18.0 Å². The first-order valence-electron chi connectivity index (χ1n) is 9.94. The van der Waals surface area contributed by atoms with Crippen LogP contribution in [0.15, 0.2) is 48.9 Å². The van der Waals surface area contributed by atoms with E-state index in [1.165, 1.54) is 6.20 Å². The molecule has 0 radical (unpaired) electrons. The zero-order chi connectivity index (χ0) is 21.8. The van der Waals surface area contributed by atoms with Crippen molar-refractivity contribution < 1.29 is 14.6 Å². The highest BCUT2D eigenvalue weighted by molar-refractivity contribution is 6.30. The van der Waals surface area contributed by atoms with Crippen LogP contribution in [0, 0.1) is 5.92 Å². The molecule has 1 aliphatic carbocycles. The van der Waals surface area contributed by atoms with Crippen LogP contribution < -0.4 is 10.1 Å². The molecular weight excluding hydrogens is 418 g/mol. The maximum absolute atomic E-state index is 12.7. The third kappa shape index (κ3) is 5.34. The number of carbonyl (C=O) groups excluding carboxylic acids is 1. The topological polar surface area (TPSA) is 110 Å². The van der Waals surface area contributed by atoms with Crippen molar-refractivity contribution >= 4 is 17.5 Å². The van der Waals surface area contributed by atoms with Crippen LogP contribution in [0.5, 0.6) is 5.88 Å². The minimum absolute atomic E-state index is 0.103. The van der Waals surface area contributed by atoms with Crippen LogP contribution in [0.2, 0.25) is 5.02 Å². The Morgan fingerprint density at radius 3 is 2.61 bits per heavy atom. The van der Waals surface area contributed by atoms with E-state index in [1.54, 1.807) is 49.6 Å². The van der Waals surface area contributed by atoms with E-state index in [9.17, 15) is 9.90 Å². The van der Waals surface area contributed by atoms with Gasteiger partial charge in [-0.25, -0.2) is 19.9 Å². The molecule has 1 saturated carbocycles. The number of rotatable bonds is 8. The molecule has 2 heterocycles. The molecule has 1 aliphatic rings. The third-order valence-corrected chi connectivity index (χ3v) is 5.36. The summed E-state index contributed by atoms with van der Waals surface area (Å²) in [6.45, 7) is 1.99. The van der Waals surface area contributed by atoms with Gasteiger partial charge in [-0.1, -0.05) is 23.7 Å². The minimum Gasteiger partial charge on any atom is -0.468 e. The smallest absolute Gasteiger partial charge is 0.271 e. The average Bonchev–Trinajstić information content (AvgIpc) is 3.64. The van der Waals surface area contributed by atoms with Crippen molar-refractivity contribution in [3.63, 3.8) is 0 Å². The Labute approximate surface area is 184 Å². The molecule has 160 valence electrons. The van der Waals surface area contributed by atoms with Crippen molar-refractivity contribution in [1.82, 2.24) is 25.3 Å². The van der Waals surface area contributed by atoms with Gasteiger partial charge in [0.2, 0.25) is 5.88 Å². The molecule has 0 aliphatic heterocycles. The number of nitrogens with zero attached hydrogens (tertiary/aromatic N) is 4. The van der Waals surface area contributed by atoms with Gasteiger partial charge < -0.3 is 15.2 Å². The number of amides is 1. The predicted octanol–water partition coefficient (Wildman–Crippen LogP) is 3.06. The molecule has 9 heteroatoms.